The van der Waals surface area contributed by atoms with Crippen LogP contribution in [0, 0.1) is 0 Å². The normalized spacial score (nSPS) is 13.6. The molecule has 2 heteroatoms. The first kappa shape index (κ1) is 14.3. The Kier molecular flexibility index (Phi) is 4.57. The molecule has 2 aromatic carbocycles. The smallest absolute Gasteiger partial charge is 0.220 e. The van der Waals surface area contributed by atoms with Crippen molar-refractivity contribution >= 4 is 5.91 Å². The van der Waals surface area contributed by atoms with Crippen molar-refractivity contribution in [3.63, 3.8) is 0 Å². The third-order valence-corrected chi connectivity index (χ3v) is 3.76. The van der Waals surface area contributed by atoms with Gasteiger partial charge in [0.15, 0.2) is 0 Å². The fraction of sp³-hybridized carbons (Fsp3) is 0.278. The molecule has 0 N–H and O–H groups in total. The second kappa shape index (κ2) is 6.38. The minimum atomic E-state index is 0.0592. The molecule has 0 aromatic heterocycles. The van der Waals surface area contributed by atoms with E-state index in [0.29, 0.717) is 0 Å². The van der Waals surface area contributed by atoms with Gasteiger partial charge in [0.25, 0.3) is 0 Å². The number of hydrogen-bond acceptors (Lipinski definition) is 1. The Hall–Kier alpha value is -2.09. The average Bonchev–Trinajstić information content (AvgIpc) is 2.48. The van der Waals surface area contributed by atoms with Crippen LogP contribution < -0.4 is 0 Å². The van der Waals surface area contributed by atoms with Crippen molar-refractivity contribution in [3.05, 3.63) is 71.8 Å². The lowest BCUT2D eigenvalue weighted by molar-refractivity contribution is -0.133. The highest BCUT2D eigenvalue weighted by Gasteiger charge is 2.24. The van der Waals surface area contributed by atoms with Crippen LogP contribution in [0.5, 0.6) is 0 Å². The SMILES string of the molecule is CC(=O)N([C@H](C)c1ccccc1)[C@@H](C)c1ccccc1. The van der Waals surface area contributed by atoms with Gasteiger partial charge in [-0.25, -0.2) is 0 Å². The maximum atomic E-state index is 12.1. The lowest BCUT2D eigenvalue weighted by atomic mass is 10.0. The predicted octanol–water partition coefficient (Wildman–Crippen LogP) is 4.36. The number of nitrogens with zero attached hydrogens (tertiary/aromatic N) is 1. The van der Waals surface area contributed by atoms with Gasteiger partial charge in [0.2, 0.25) is 5.91 Å². The van der Waals surface area contributed by atoms with E-state index in [9.17, 15) is 4.79 Å². The van der Waals surface area contributed by atoms with Gasteiger partial charge in [-0.2, -0.15) is 0 Å². The van der Waals surface area contributed by atoms with Crippen molar-refractivity contribution in [3.8, 4) is 0 Å². The summed E-state index contributed by atoms with van der Waals surface area (Å²) >= 11 is 0. The minimum Gasteiger partial charge on any atom is -0.329 e. The highest BCUT2D eigenvalue weighted by molar-refractivity contribution is 5.74. The summed E-state index contributed by atoms with van der Waals surface area (Å²) in [6.45, 7) is 5.80. The van der Waals surface area contributed by atoms with Crippen LogP contribution in [0.15, 0.2) is 60.7 Å². The zero-order valence-electron chi connectivity index (χ0n) is 12.3. The largest absolute Gasteiger partial charge is 0.329 e. The Bertz CT molecular complexity index is 505. The van der Waals surface area contributed by atoms with Gasteiger partial charge in [0.1, 0.15) is 0 Å². The molecule has 0 aliphatic heterocycles. The predicted molar refractivity (Wildman–Crippen MR) is 82.2 cm³/mol. The first-order valence-electron chi connectivity index (χ1n) is 7.00. The van der Waals surface area contributed by atoms with Gasteiger partial charge in [-0.3, -0.25) is 4.79 Å². The fourth-order valence-electron chi connectivity index (χ4n) is 2.67. The van der Waals surface area contributed by atoms with Gasteiger partial charge in [0, 0.05) is 6.92 Å². The third-order valence-electron chi connectivity index (χ3n) is 3.76. The number of hydrogen-bond donors (Lipinski definition) is 0. The van der Waals surface area contributed by atoms with Gasteiger partial charge >= 0.3 is 0 Å². The van der Waals surface area contributed by atoms with Crippen molar-refractivity contribution < 1.29 is 4.79 Å². The van der Waals surface area contributed by atoms with E-state index in [1.165, 1.54) is 0 Å². The van der Waals surface area contributed by atoms with Crippen LogP contribution in [0.4, 0.5) is 0 Å². The molecule has 1 amide bonds. The minimum absolute atomic E-state index is 0.0592. The van der Waals surface area contributed by atoms with Crippen molar-refractivity contribution in [2.24, 2.45) is 0 Å². The average molecular weight is 267 g/mol. The topological polar surface area (TPSA) is 20.3 Å². The van der Waals surface area contributed by atoms with Gasteiger partial charge in [-0.05, 0) is 25.0 Å². The van der Waals surface area contributed by atoms with Crippen LogP contribution >= 0.6 is 0 Å². The molecule has 0 radical (unpaired) electrons. The second-order valence-corrected chi connectivity index (χ2v) is 5.10. The lowest BCUT2D eigenvalue weighted by Crippen LogP contribution is -2.34. The molecule has 0 saturated carbocycles. The van der Waals surface area contributed by atoms with E-state index in [4.69, 9.17) is 0 Å². The highest BCUT2D eigenvalue weighted by atomic mass is 16.2. The Balaban J connectivity index is 2.30. The molecule has 0 spiro atoms. The van der Waals surface area contributed by atoms with E-state index in [0.717, 1.165) is 11.1 Å². The highest BCUT2D eigenvalue weighted by Crippen LogP contribution is 2.30. The maximum absolute atomic E-state index is 12.1. The Morgan fingerprint density at radius 1 is 0.800 bits per heavy atom. The Morgan fingerprint density at radius 3 is 1.45 bits per heavy atom. The molecular weight excluding hydrogens is 246 g/mol. The number of carbonyl (C=O) groups is 1. The number of benzene rings is 2. The molecule has 0 bridgehead atoms. The molecule has 0 heterocycles. The van der Waals surface area contributed by atoms with E-state index in [1.807, 2.05) is 41.3 Å². The summed E-state index contributed by atoms with van der Waals surface area (Å²) in [6, 6.07) is 20.4. The summed E-state index contributed by atoms with van der Waals surface area (Å²) in [7, 11) is 0. The summed E-state index contributed by atoms with van der Waals surface area (Å²) in [5, 5.41) is 0. The van der Waals surface area contributed by atoms with Crippen molar-refractivity contribution in [1.29, 1.82) is 0 Å². The van der Waals surface area contributed by atoms with E-state index >= 15 is 0 Å². The first-order chi connectivity index (χ1) is 9.61. The molecule has 20 heavy (non-hydrogen) atoms. The zero-order valence-corrected chi connectivity index (χ0v) is 12.3. The second-order valence-electron chi connectivity index (χ2n) is 5.10. The van der Waals surface area contributed by atoms with Crippen LogP contribution in [0.25, 0.3) is 0 Å². The van der Waals surface area contributed by atoms with Crippen molar-refractivity contribution in [2.75, 3.05) is 0 Å². The van der Waals surface area contributed by atoms with E-state index in [2.05, 4.69) is 38.1 Å². The molecule has 0 saturated heterocycles. The van der Waals surface area contributed by atoms with Crippen LogP contribution in [-0.2, 0) is 4.79 Å². The fourth-order valence-corrected chi connectivity index (χ4v) is 2.67. The molecule has 0 aliphatic carbocycles. The van der Waals surface area contributed by atoms with E-state index in [-0.39, 0.29) is 18.0 Å². The molecular formula is C18H21NO. The third kappa shape index (κ3) is 3.08. The van der Waals surface area contributed by atoms with Crippen LogP contribution in [0.1, 0.15) is 44.0 Å². The lowest BCUT2D eigenvalue weighted by Gasteiger charge is -2.34. The van der Waals surface area contributed by atoms with E-state index < -0.39 is 0 Å². The molecule has 2 nitrogen and oxygen atoms in total. The monoisotopic (exact) mass is 267 g/mol. The Labute approximate surface area is 121 Å². The maximum Gasteiger partial charge on any atom is 0.220 e. The number of amides is 1. The molecule has 0 unspecified atom stereocenters. The van der Waals surface area contributed by atoms with Crippen LogP contribution in [-0.4, -0.2) is 10.8 Å². The summed E-state index contributed by atoms with van der Waals surface area (Å²) < 4.78 is 0. The first-order valence-corrected chi connectivity index (χ1v) is 7.00. The standard InChI is InChI=1S/C18H21NO/c1-14(17-10-6-4-7-11-17)19(16(3)20)15(2)18-12-8-5-9-13-18/h4-15H,1-3H3/t14-,15+. The molecule has 2 atom stereocenters. The van der Waals surface area contributed by atoms with Crippen LogP contribution in [0.2, 0.25) is 0 Å². The molecule has 0 fully saturated rings. The quantitative estimate of drug-likeness (QED) is 0.806. The molecule has 2 rings (SSSR count). The van der Waals surface area contributed by atoms with Gasteiger partial charge in [-0.15, -0.1) is 0 Å². The van der Waals surface area contributed by atoms with E-state index in [1.54, 1.807) is 6.92 Å². The number of carbonyl (C=O) groups excluding carboxylic acids is 1. The van der Waals surface area contributed by atoms with Crippen molar-refractivity contribution in [2.45, 2.75) is 32.9 Å². The molecule has 104 valence electrons. The summed E-state index contributed by atoms with van der Waals surface area (Å²) in [5.74, 6) is 0.0951. The summed E-state index contributed by atoms with van der Waals surface area (Å²) in [5.41, 5.74) is 2.32. The van der Waals surface area contributed by atoms with Gasteiger partial charge in [-0.1, -0.05) is 60.7 Å². The summed E-state index contributed by atoms with van der Waals surface area (Å²) in [6.07, 6.45) is 0. The van der Waals surface area contributed by atoms with Crippen LogP contribution in [0.3, 0.4) is 0 Å². The molecule has 2 aromatic rings. The number of rotatable bonds is 4. The van der Waals surface area contributed by atoms with Gasteiger partial charge < -0.3 is 4.90 Å². The Morgan fingerprint density at radius 2 is 1.15 bits per heavy atom. The molecule has 0 aliphatic rings. The van der Waals surface area contributed by atoms with Crippen molar-refractivity contribution in [1.82, 2.24) is 4.90 Å². The van der Waals surface area contributed by atoms with Gasteiger partial charge in [0.05, 0.1) is 12.1 Å². The summed E-state index contributed by atoms with van der Waals surface area (Å²) in [4.78, 5) is 14.0. The zero-order chi connectivity index (χ0) is 14.5.